The van der Waals surface area contributed by atoms with Crippen molar-refractivity contribution in [3.8, 4) is 11.5 Å². The van der Waals surface area contributed by atoms with Crippen molar-refractivity contribution < 1.29 is 34.4 Å². The molecule has 0 saturated carbocycles. The largest absolute Gasteiger partial charge is 0.508 e. The van der Waals surface area contributed by atoms with E-state index in [0.717, 1.165) is 6.42 Å². The van der Waals surface area contributed by atoms with Crippen LogP contribution in [0.25, 0.3) is 0 Å². The van der Waals surface area contributed by atoms with Gasteiger partial charge in [-0.1, -0.05) is 13.8 Å². The fraction of sp³-hybridized carbons (Fsp3) is 0.300. The van der Waals surface area contributed by atoms with Gasteiger partial charge in [0.2, 0.25) is 0 Å². The molecule has 0 radical (unpaired) electrons. The third-order valence-corrected chi connectivity index (χ3v) is 3.26. The summed E-state index contributed by atoms with van der Waals surface area (Å²) in [6.07, 6.45) is 2.08. The maximum absolute atomic E-state index is 11.1. The molecule has 0 amide bonds. The summed E-state index contributed by atoms with van der Waals surface area (Å²) < 4.78 is 4.93. The minimum atomic E-state index is -0.711. The lowest BCUT2D eigenvalue weighted by Gasteiger charge is -2.02. The number of rotatable bonds is 7. The van der Waals surface area contributed by atoms with E-state index in [1.54, 1.807) is 0 Å². The molecule has 2 aromatic carbocycles. The van der Waals surface area contributed by atoms with E-state index >= 15 is 0 Å². The first kappa shape index (κ1) is 27.0. The highest BCUT2D eigenvalue weighted by atomic mass is 16.6. The number of benzene rings is 2. The van der Waals surface area contributed by atoms with Gasteiger partial charge >= 0.3 is 11.9 Å². The van der Waals surface area contributed by atoms with E-state index in [4.69, 9.17) is 14.9 Å². The topological polar surface area (TPSA) is 170 Å². The number of carbonyl (C=O) groups excluding carboxylic acids is 1. The molecule has 0 bridgehead atoms. The number of esters is 1. The van der Waals surface area contributed by atoms with Crippen LogP contribution in [0.2, 0.25) is 0 Å². The molecule has 31 heavy (non-hydrogen) atoms. The van der Waals surface area contributed by atoms with E-state index in [-0.39, 0.29) is 23.1 Å². The first-order valence-electron chi connectivity index (χ1n) is 9.21. The van der Waals surface area contributed by atoms with Gasteiger partial charge in [-0.15, -0.1) is 0 Å². The smallest absolute Gasteiger partial charge is 0.311 e. The first-order chi connectivity index (χ1) is 14.6. The molecule has 168 valence electrons. The molecule has 0 spiro atoms. The van der Waals surface area contributed by atoms with Crippen LogP contribution in [0, 0.1) is 20.2 Å². The summed E-state index contributed by atoms with van der Waals surface area (Å²) in [5.41, 5.74) is -0.0388. The summed E-state index contributed by atoms with van der Waals surface area (Å²) in [6.45, 7) is 3.71. The monoisotopic (exact) mass is 436 g/mol. The number of non-ortho nitro benzene ring substituents is 2. The second-order valence-electron chi connectivity index (χ2n) is 5.89. The molecule has 0 aliphatic heterocycles. The van der Waals surface area contributed by atoms with Crippen LogP contribution in [0.1, 0.15) is 39.5 Å². The van der Waals surface area contributed by atoms with E-state index in [1.165, 1.54) is 48.5 Å². The number of carboxylic acid groups (broad SMARTS) is 1. The van der Waals surface area contributed by atoms with Crippen molar-refractivity contribution in [3.05, 3.63) is 68.8 Å². The molecular weight excluding hydrogens is 412 g/mol. The Kier molecular flexibility index (Phi) is 13.0. The predicted molar refractivity (Wildman–Crippen MR) is 111 cm³/mol. The minimum absolute atomic E-state index is 0.0159. The number of carboxylic acids is 1. The van der Waals surface area contributed by atoms with Crippen molar-refractivity contribution in [3.63, 3.8) is 0 Å². The molecule has 11 heteroatoms. The van der Waals surface area contributed by atoms with Crippen LogP contribution >= 0.6 is 0 Å². The summed E-state index contributed by atoms with van der Waals surface area (Å²) in [5, 5.41) is 37.0. The lowest BCUT2D eigenvalue weighted by Crippen LogP contribution is -2.06. The zero-order valence-electron chi connectivity index (χ0n) is 17.1. The molecule has 0 aliphatic carbocycles. The summed E-state index contributed by atoms with van der Waals surface area (Å²) >= 11 is 0. The van der Waals surface area contributed by atoms with E-state index in [1.807, 2.05) is 13.8 Å². The molecule has 0 atom stereocenters. The maximum Gasteiger partial charge on any atom is 0.311 e. The van der Waals surface area contributed by atoms with Crippen LogP contribution in [-0.2, 0) is 9.59 Å². The zero-order chi connectivity index (χ0) is 23.8. The standard InChI is InChI=1S/C10H11NO4.C6H5NO3.C4H8O2/c1-2-3-10(12)15-9-6-4-8(5-7-9)11(13)14;8-6-3-1-5(2-4-6)7(9)10;1-2-3-4(5)6/h4-7H,2-3H2,1H3;1-4,8H;2-3H2,1H3,(H,5,6). The molecule has 0 unspecified atom stereocenters. The van der Waals surface area contributed by atoms with Gasteiger partial charge in [0, 0.05) is 37.1 Å². The van der Waals surface area contributed by atoms with Gasteiger partial charge in [0.1, 0.15) is 11.5 Å². The summed E-state index contributed by atoms with van der Waals surface area (Å²) in [7, 11) is 0. The molecule has 0 saturated heterocycles. The molecular formula is C20H24N2O9. The Morgan fingerprint density at radius 3 is 1.58 bits per heavy atom. The van der Waals surface area contributed by atoms with E-state index in [2.05, 4.69) is 0 Å². The summed E-state index contributed by atoms with van der Waals surface area (Å²) in [5.74, 6) is -0.673. The molecule has 11 nitrogen and oxygen atoms in total. The van der Waals surface area contributed by atoms with Gasteiger partial charge in [0.25, 0.3) is 11.4 Å². The lowest BCUT2D eigenvalue weighted by molar-refractivity contribution is -0.385. The molecule has 0 aliphatic rings. The Balaban J connectivity index is 0.000000484. The van der Waals surface area contributed by atoms with Gasteiger partial charge in [0.05, 0.1) is 9.85 Å². The van der Waals surface area contributed by atoms with Crippen LogP contribution in [-0.4, -0.2) is 32.0 Å². The number of hydrogen-bond acceptors (Lipinski definition) is 8. The molecule has 0 heterocycles. The van der Waals surface area contributed by atoms with Crippen molar-refractivity contribution >= 4 is 23.3 Å². The maximum atomic E-state index is 11.1. The van der Waals surface area contributed by atoms with E-state index in [0.29, 0.717) is 25.0 Å². The average Bonchev–Trinajstić information content (AvgIpc) is 2.70. The second kappa shape index (κ2) is 14.9. The van der Waals surface area contributed by atoms with Gasteiger partial charge in [-0.25, -0.2) is 0 Å². The number of aromatic hydroxyl groups is 1. The van der Waals surface area contributed by atoms with Crippen LogP contribution < -0.4 is 4.74 Å². The summed E-state index contributed by atoms with van der Waals surface area (Å²) in [4.78, 5) is 40.0. The second-order valence-corrected chi connectivity index (χ2v) is 5.89. The third-order valence-electron chi connectivity index (χ3n) is 3.26. The summed E-state index contributed by atoms with van der Waals surface area (Å²) in [6, 6.07) is 10.5. The van der Waals surface area contributed by atoms with Crippen molar-refractivity contribution in [2.75, 3.05) is 0 Å². The highest BCUT2D eigenvalue weighted by Gasteiger charge is 2.07. The van der Waals surface area contributed by atoms with Crippen LogP contribution in [0.5, 0.6) is 11.5 Å². The van der Waals surface area contributed by atoms with Gasteiger partial charge in [0.15, 0.2) is 0 Å². The lowest BCUT2D eigenvalue weighted by atomic mass is 10.3. The molecule has 2 rings (SSSR count). The van der Waals surface area contributed by atoms with Crippen molar-refractivity contribution in [2.24, 2.45) is 0 Å². The molecule has 0 fully saturated rings. The highest BCUT2D eigenvalue weighted by Crippen LogP contribution is 2.18. The number of ether oxygens (including phenoxy) is 1. The van der Waals surface area contributed by atoms with Gasteiger partial charge in [-0.3, -0.25) is 29.8 Å². The molecule has 0 aromatic heterocycles. The Morgan fingerprint density at radius 2 is 1.26 bits per heavy atom. The Hall–Kier alpha value is -4.02. The normalized spacial score (nSPS) is 9.23. The fourth-order valence-corrected chi connectivity index (χ4v) is 1.81. The SMILES string of the molecule is CCCC(=O)O.CCCC(=O)Oc1ccc([N+](=O)[O-])cc1.O=[N+]([O-])c1ccc(O)cc1. The number of hydrogen-bond donors (Lipinski definition) is 2. The number of phenolic OH excluding ortho intramolecular Hbond substituents is 1. The van der Waals surface area contributed by atoms with Crippen molar-refractivity contribution in [1.82, 2.24) is 0 Å². The van der Waals surface area contributed by atoms with Gasteiger partial charge in [-0.05, 0) is 37.1 Å². The quantitative estimate of drug-likeness (QED) is 0.275. The van der Waals surface area contributed by atoms with Crippen LogP contribution in [0.4, 0.5) is 11.4 Å². The zero-order valence-corrected chi connectivity index (χ0v) is 17.1. The minimum Gasteiger partial charge on any atom is -0.508 e. The fourth-order valence-electron chi connectivity index (χ4n) is 1.81. The van der Waals surface area contributed by atoms with Crippen molar-refractivity contribution in [1.29, 1.82) is 0 Å². The Bertz CT molecular complexity index is 850. The van der Waals surface area contributed by atoms with E-state index in [9.17, 15) is 29.8 Å². The number of nitro benzene ring substituents is 2. The number of nitrogens with zero attached hydrogens (tertiary/aromatic N) is 2. The predicted octanol–water partition coefficient (Wildman–Crippen LogP) is 4.47. The average molecular weight is 436 g/mol. The van der Waals surface area contributed by atoms with Crippen LogP contribution in [0.15, 0.2) is 48.5 Å². The Morgan fingerprint density at radius 1 is 0.839 bits per heavy atom. The first-order valence-corrected chi connectivity index (χ1v) is 9.21. The highest BCUT2D eigenvalue weighted by molar-refractivity contribution is 5.72. The van der Waals surface area contributed by atoms with Crippen molar-refractivity contribution in [2.45, 2.75) is 39.5 Å². The van der Waals surface area contributed by atoms with E-state index < -0.39 is 15.8 Å². The van der Waals surface area contributed by atoms with Crippen LogP contribution in [0.3, 0.4) is 0 Å². The molecule has 2 N–H and O–H groups in total. The molecule has 2 aromatic rings. The Labute approximate surface area is 178 Å². The number of phenols is 1. The van der Waals surface area contributed by atoms with Gasteiger partial charge < -0.3 is 14.9 Å². The number of nitro groups is 2. The third kappa shape index (κ3) is 12.9. The van der Waals surface area contributed by atoms with Gasteiger partial charge in [-0.2, -0.15) is 0 Å². The number of carbonyl (C=O) groups is 2. The number of aliphatic carboxylic acids is 1.